The third kappa shape index (κ3) is 12.7. The summed E-state index contributed by atoms with van der Waals surface area (Å²) >= 11 is 0. The molecule has 0 aliphatic carbocycles. The first-order chi connectivity index (χ1) is 11.7. The minimum atomic E-state index is -0.483. The SMILES string of the molecule is CC(C)(C)OC(=O)NCc1ccc(N)nc1.Cl.Cl.NCc1ccc(N)nc1. The predicted molar refractivity (Wildman–Crippen MR) is 113 cm³/mol. The Morgan fingerprint density at radius 1 is 1.00 bits per heavy atom. The van der Waals surface area contributed by atoms with Crippen molar-refractivity contribution in [2.75, 3.05) is 11.5 Å². The van der Waals surface area contributed by atoms with Gasteiger partial charge in [-0.2, -0.15) is 0 Å². The number of ether oxygens (including phenoxy) is 1. The number of nitrogens with two attached hydrogens (primary N) is 3. The zero-order chi connectivity index (χ0) is 18.9. The number of hydrogen-bond donors (Lipinski definition) is 4. The van der Waals surface area contributed by atoms with Crippen molar-refractivity contribution < 1.29 is 9.53 Å². The highest BCUT2D eigenvalue weighted by Gasteiger charge is 2.15. The number of nitrogens with zero attached hydrogens (tertiary/aromatic N) is 2. The zero-order valence-corrected chi connectivity index (χ0v) is 17.3. The van der Waals surface area contributed by atoms with Crippen molar-refractivity contribution in [3.05, 3.63) is 47.8 Å². The van der Waals surface area contributed by atoms with Crippen LogP contribution in [0.5, 0.6) is 0 Å². The van der Waals surface area contributed by atoms with Crippen molar-refractivity contribution >= 4 is 42.5 Å². The summed E-state index contributed by atoms with van der Waals surface area (Å²) in [5, 5.41) is 2.63. The van der Waals surface area contributed by atoms with Gasteiger partial charge in [0.1, 0.15) is 17.2 Å². The molecular weight excluding hydrogens is 391 g/mol. The molecule has 0 aromatic carbocycles. The van der Waals surface area contributed by atoms with Crippen LogP contribution in [0.3, 0.4) is 0 Å². The molecule has 27 heavy (non-hydrogen) atoms. The highest BCUT2D eigenvalue weighted by Crippen LogP contribution is 2.07. The van der Waals surface area contributed by atoms with E-state index in [4.69, 9.17) is 21.9 Å². The summed E-state index contributed by atoms with van der Waals surface area (Å²) in [5.74, 6) is 0.994. The summed E-state index contributed by atoms with van der Waals surface area (Å²) in [6, 6.07) is 7.09. The molecule has 0 unspecified atom stereocenters. The number of aromatic nitrogens is 2. The Morgan fingerprint density at radius 3 is 1.85 bits per heavy atom. The quantitative estimate of drug-likeness (QED) is 0.599. The van der Waals surface area contributed by atoms with Crippen LogP contribution in [0.4, 0.5) is 16.4 Å². The van der Waals surface area contributed by atoms with Crippen LogP contribution in [0, 0.1) is 0 Å². The van der Waals surface area contributed by atoms with E-state index < -0.39 is 11.7 Å². The Hall–Kier alpha value is -2.29. The summed E-state index contributed by atoms with van der Waals surface area (Å²) in [4.78, 5) is 19.1. The first-order valence-electron chi connectivity index (χ1n) is 7.77. The molecule has 0 aliphatic rings. The molecule has 0 radical (unpaired) electrons. The summed E-state index contributed by atoms with van der Waals surface area (Å²) in [6.45, 7) is 6.35. The average molecular weight is 419 g/mol. The fraction of sp³-hybridized carbons (Fsp3) is 0.353. The maximum atomic E-state index is 11.3. The zero-order valence-electron chi connectivity index (χ0n) is 15.6. The number of amides is 1. The topological polar surface area (TPSA) is 142 Å². The molecule has 10 heteroatoms. The van der Waals surface area contributed by atoms with Crippen LogP contribution >= 0.6 is 24.8 Å². The molecule has 2 aromatic rings. The number of pyridine rings is 2. The van der Waals surface area contributed by atoms with E-state index in [-0.39, 0.29) is 24.8 Å². The second kappa shape index (κ2) is 13.0. The fourth-order valence-electron chi connectivity index (χ4n) is 1.59. The molecule has 7 N–H and O–H groups in total. The Balaban J connectivity index is 0. The van der Waals surface area contributed by atoms with Crippen molar-refractivity contribution in [2.24, 2.45) is 5.73 Å². The summed E-state index contributed by atoms with van der Waals surface area (Å²) in [5.41, 5.74) is 17.5. The number of carbonyl (C=O) groups is 1. The van der Waals surface area contributed by atoms with Crippen molar-refractivity contribution in [3.63, 3.8) is 0 Å². The molecule has 1 amide bonds. The number of rotatable bonds is 3. The Kier molecular flexibility index (Phi) is 12.9. The Labute approximate surface area is 172 Å². The molecule has 0 fully saturated rings. The van der Waals surface area contributed by atoms with Gasteiger partial charge in [0, 0.05) is 25.5 Å². The van der Waals surface area contributed by atoms with E-state index in [2.05, 4.69) is 15.3 Å². The van der Waals surface area contributed by atoms with E-state index in [9.17, 15) is 4.79 Å². The van der Waals surface area contributed by atoms with E-state index in [1.165, 1.54) is 0 Å². The van der Waals surface area contributed by atoms with Gasteiger partial charge < -0.3 is 27.3 Å². The van der Waals surface area contributed by atoms with Gasteiger partial charge in [0.15, 0.2) is 0 Å². The molecule has 0 saturated heterocycles. The molecule has 0 spiro atoms. The van der Waals surface area contributed by atoms with Crippen LogP contribution in [0.15, 0.2) is 36.7 Å². The van der Waals surface area contributed by atoms with Gasteiger partial charge in [-0.3, -0.25) is 0 Å². The number of anilines is 2. The van der Waals surface area contributed by atoms with Crippen LogP contribution < -0.4 is 22.5 Å². The Morgan fingerprint density at radius 2 is 1.48 bits per heavy atom. The lowest BCUT2D eigenvalue weighted by Gasteiger charge is -2.19. The molecule has 0 aliphatic heterocycles. The molecular formula is C17H28Cl2N6O2. The molecule has 2 rings (SSSR count). The lowest BCUT2D eigenvalue weighted by atomic mass is 10.2. The van der Waals surface area contributed by atoms with Gasteiger partial charge in [0.2, 0.25) is 0 Å². The van der Waals surface area contributed by atoms with Gasteiger partial charge in [-0.15, -0.1) is 24.8 Å². The predicted octanol–water partition coefficient (Wildman–Crippen LogP) is 2.65. The number of alkyl carbamates (subject to hydrolysis) is 1. The van der Waals surface area contributed by atoms with Gasteiger partial charge >= 0.3 is 6.09 Å². The van der Waals surface area contributed by atoms with Crippen molar-refractivity contribution in [1.29, 1.82) is 0 Å². The van der Waals surface area contributed by atoms with Crippen LogP contribution in [0.1, 0.15) is 31.9 Å². The standard InChI is InChI=1S/C11H17N3O2.C6H9N3.2ClH/c1-11(2,3)16-10(15)14-7-8-4-5-9(12)13-6-8;7-3-5-1-2-6(8)9-4-5;;/h4-6H,7H2,1-3H3,(H2,12,13)(H,14,15);1-2,4H,3,7H2,(H2,8,9);2*1H. The monoisotopic (exact) mass is 418 g/mol. The molecule has 2 heterocycles. The van der Waals surface area contributed by atoms with Crippen LogP contribution in [0.25, 0.3) is 0 Å². The van der Waals surface area contributed by atoms with Crippen LogP contribution in [-0.4, -0.2) is 21.7 Å². The van der Waals surface area contributed by atoms with Gasteiger partial charge in [0.25, 0.3) is 0 Å². The maximum absolute atomic E-state index is 11.3. The van der Waals surface area contributed by atoms with E-state index in [1.807, 2.05) is 26.8 Å². The molecule has 152 valence electrons. The highest BCUT2D eigenvalue weighted by atomic mass is 35.5. The Bertz CT molecular complexity index is 661. The number of halogens is 2. The van der Waals surface area contributed by atoms with E-state index in [0.717, 1.165) is 11.1 Å². The minimum absolute atomic E-state index is 0. The van der Waals surface area contributed by atoms with E-state index in [0.29, 0.717) is 24.7 Å². The number of nitrogens with one attached hydrogen (secondary N) is 1. The van der Waals surface area contributed by atoms with Crippen molar-refractivity contribution in [2.45, 2.75) is 39.5 Å². The maximum Gasteiger partial charge on any atom is 0.407 e. The summed E-state index contributed by atoms with van der Waals surface area (Å²) < 4.78 is 5.09. The normalized spacial score (nSPS) is 9.63. The summed E-state index contributed by atoms with van der Waals surface area (Å²) in [6.07, 6.45) is 2.85. The summed E-state index contributed by atoms with van der Waals surface area (Å²) in [7, 11) is 0. The molecule has 0 saturated carbocycles. The van der Waals surface area contributed by atoms with Crippen molar-refractivity contribution in [3.8, 4) is 0 Å². The second-order valence-corrected chi connectivity index (χ2v) is 6.24. The van der Waals surface area contributed by atoms with E-state index >= 15 is 0 Å². The third-order valence-corrected chi connectivity index (χ3v) is 2.77. The smallest absolute Gasteiger partial charge is 0.407 e. The van der Waals surface area contributed by atoms with Gasteiger partial charge in [-0.1, -0.05) is 12.1 Å². The number of carbonyl (C=O) groups excluding carboxylic acids is 1. The lowest BCUT2D eigenvalue weighted by Crippen LogP contribution is -2.32. The molecule has 0 bridgehead atoms. The molecule has 2 aromatic heterocycles. The third-order valence-electron chi connectivity index (χ3n) is 2.77. The average Bonchev–Trinajstić information content (AvgIpc) is 2.54. The number of hydrogen-bond acceptors (Lipinski definition) is 7. The molecule has 8 nitrogen and oxygen atoms in total. The van der Waals surface area contributed by atoms with Gasteiger partial charge in [-0.05, 0) is 44.0 Å². The van der Waals surface area contributed by atoms with Gasteiger partial charge in [-0.25, -0.2) is 14.8 Å². The van der Waals surface area contributed by atoms with Gasteiger partial charge in [0.05, 0.1) is 0 Å². The lowest BCUT2D eigenvalue weighted by molar-refractivity contribution is 0.0523. The fourth-order valence-corrected chi connectivity index (χ4v) is 1.59. The highest BCUT2D eigenvalue weighted by molar-refractivity contribution is 5.85. The first-order valence-corrected chi connectivity index (χ1v) is 7.77. The minimum Gasteiger partial charge on any atom is -0.444 e. The number of nitrogen functional groups attached to an aromatic ring is 2. The van der Waals surface area contributed by atoms with E-state index in [1.54, 1.807) is 30.6 Å². The molecule has 0 atom stereocenters. The van der Waals surface area contributed by atoms with Crippen molar-refractivity contribution in [1.82, 2.24) is 15.3 Å². The van der Waals surface area contributed by atoms with Crippen LogP contribution in [0.2, 0.25) is 0 Å². The van der Waals surface area contributed by atoms with Crippen LogP contribution in [-0.2, 0) is 17.8 Å². The second-order valence-electron chi connectivity index (χ2n) is 6.24. The largest absolute Gasteiger partial charge is 0.444 e. The first kappa shape index (κ1) is 26.9.